The molecule has 2 aliphatic rings. The van der Waals surface area contributed by atoms with E-state index < -0.39 is 23.6 Å². The number of hydrogen-bond donors (Lipinski definition) is 2. The van der Waals surface area contributed by atoms with Crippen molar-refractivity contribution < 1.29 is 38.0 Å². The van der Waals surface area contributed by atoms with Crippen molar-refractivity contribution in [3.05, 3.63) is 111 Å². The molecule has 2 fully saturated rings. The Morgan fingerprint density at radius 2 is 1.57 bits per heavy atom. The van der Waals surface area contributed by atoms with E-state index in [9.17, 15) is 23.8 Å². The molecule has 2 atom stereocenters. The highest BCUT2D eigenvalue weighted by Gasteiger charge is 2.29. The summed E-state index contributed by atoms with van der Waals surface area (Å²) in [5.41, 5.74) is 6.13. The number of carboxylic acid groups (broad SMARTS) is 1. The Morgan fingerprint density at radius 1 is 0.830 bits per heavy atom. The molecule has 4 aromatic carbocycles. The minimum atomic E-state index is -0.879. The third kappa shape index (κ3) is 9.86. The van der Waals surface area contributed by atoms with Crippen LogP contribution < -0.4 is 14.2 Å². The predicted octanol–water partition coefficient (Wildman–Crippen LogP) is 8.33. The van der Waals surface area contributed by atoms with Crippen molar-refractivity contribution in [1.29, 1.82) is 0 Å². The lowest BCUT2D eigenvalue weighted by molar-refractivity contribution is -0.144. The maximum atomic E-state index is 14.0. The lowest BCUT2D eigenvalue weighted by Crippen LogP contribution is -2.44. The number of ether oxygens (including phenoxy) is 3. The summed E-state index contributed by atoms with van der Waals surface area (Å²) in [6.45, 7) is 8.23. The molecule has 282 valence electrons. The molecule has 0 aliphatic carbocycles. The first kappa shape index (κ1) is 38.5. The van der Waals surface area contributed by atoms with E-state index in [2.05, 4.69) is 30.9 Å². The Morgan fingerprint density at radius 3 is 2.30 bits per heavy atom. The molecule has 0 aromatic heterocycles. The number of benzene rings is 4. The van der Waals surface area contributed by atoms with Crippen LogP contribution in [0.4, 0.5) is 8.78 Å². The van der Waals surface area contributed by atoms with Gasteiger partial charge in [-0.25, -0.2) is 8.78 Å². The van der Waals surface area contributed by atoms with E-state index >= 15 is 0 Å². The van der Waals surface area contributed by atoms with E-state index in [0.717, 1.165) is 85.0 Å². The Kier molecular flexibility index (Phi) is 12.9. The standard InChI is InChI=1S/C42H47ClF2N2O6/c1-27-30(8-5-9-35(27)36-10-6-12-39(28(36)2)51-17-7-14-46-16-13-34(48)24-46)26-53-41-22-40(52-25-29-18-32(44)21-33(45)19-29)31(20-37(41)43)23-47-15-4-3-11-38(47)42(49)50/h5-6,8-10,12,18-22,34,38,48H,3-4,7,11,13-17,23-26H2,1-2H3,(H,49,50). The molecule has 0 spiro atoms. The van der Waals surface area contributed by atoms with Crippen LogP contribution in [-0.4, -0.2) is 70.9 Å². The number of hydrogen-bond acceptors (Lipinski definition) is 7. The summed E-state index contributed by atoms with van der Waals surface area (Å²) in [6.07, 6.45) is 3.74. The highest BCUT2D eigenvalue weighted by Crippen LogP contribution is 2.37. The van der Waals surface area contributed by atoms with Gasteiger partial charge in [0.05, 0.1) is 17.7 Å². The number of piperidine rings is 1. The summed E-state index contributed by atoms with van der Waals surface area (Å²) >= 11 is 6.80. The van der Waals surface area contributed by atoms with E-state index in [0.29, 0.717) is 47.2 Å². The number of aliphatic hydroxyl groups is 1. The number of aliphatic carboxylic acids is 1. The van der Waals surface area contributed by atoms with Gasteiger partial charge in [-0.2, -0.15) is 0 Å². The van der Waals surface area contributed by atoms with Crippen LogP contribution in [0.25, 0.3) is 11.1 Å². The first-order chi connectivity index (χ1) is 25.5. The van der Waals surface area contributed by atoms with Gasteiger partial charge in [0.15, 0.2) is 0 Å². The third-order valence-corrected chi connectivity index (χ3v) is 10.5. The zero-order valence-corrected chi connectivity index (χ0v) is 31.0. The van der Waals surface area contributed by atoms with E-state index in [1.54, 1.807) is 12.1 Å². The zero-order chi connectivity index (χ0) is 37.5. The van der Waals surface area contributed by atoms with Crippen LogP contribution in [0, 0.1) is 25.5 Å². The van der Waals surface area contributed by atoms with Gasteiger partial charge in [0.2, 0.25) is 0 Å². The summed E-state index contributed by atoms with van der Waals surface area (Å²) in [6, 6.07) is 18.1. The van der Waals surface area contributed by atoms with Crippen LogP contribution in [0.1, 0.15) is 59.9 Å². The second-order valence-corrected chi connectivity index (χ2v) is 14.4. The Labute approximate surface area is 314 Å². The van der Waals surface area contributed by atoms with Crippen molar-refractivity contribution in [2.75, 3.05) is 32.8 Å². The topological polar surface area (TPSA) is 91.7 Å². The summed E-state index contributed by atoms with van der Waals surface area (Å²) in [5, 5.41) is 20.0. The Hall–Kier alpha value is -4.22. The molecule has 6 rings (SSSR count). The van der Waals surface area contributed by atoms with Crippen molar-refractivity contribution in [1.82, 2.24) is 9.80 Å². The smallest absolute Gasteiger partial charge is 0.320 e. The predicted molar refractivity (Wildman–Crippen MR) is 201 cm³/mol. The Bertz CT molecular complexity index is 1890. The van der Waals surface area contributed by atoms with Crippen molar-refractivity contribution in [2.45, 2.75) is 77.9 Å². The fraction of sp³-hybridized carbons (Fsp3) is 0.405. The third-order valence-electron chi connectivity index (χ3n) is 10.2. The summed E-state index contributed by atoms with van der Waals surface area (Å²) in [7, 11) is 0. The highest BCUT2D eigenvalue weighted by atomic mass is 35.5. The minimum absolute atomic E-state index is 0.114. The molecule has 0 bridgehead atoms. The first-order valence-corrected chi connectivity index (χ1v) is 18.6. The fourth-order valence-electron chi connectivity index (χ4n) is 7.31. The van der Waals surface area contributed by atoms with Crippen LogP contribution >= 0.6 is 11.6 Å². The van der Waals surface area contributed by atoms with Crippen LogP contribution in [0.15, 0.2) is 66.7 Å². The van der Waals surface area contributed by atoms with Crippen LogP contribution in [-0.2, 0) is 24.6 Å². The van der Waals surface area contributed by atoms with Gasteiger partial charge in [-0.05, 0) is 104 Å². The molecule has 2 heterocycles. The number of nitrogens with zero attached hydrogens (tertiary/aromatic N) is 2. The Balaban J connectivity index is 1.18. The average molecular weight is 749 g/mol. The van der Waals surface area contributed by atoms with Gasteiger partial charge in [-0.3, -0.25) is 9.69 Å². The normalized spacial score (nSPS) is 17.9. The molecule has 4 aromatic rings. The minimum Gasteiger partial charge on any atom is -0.493 e. The molecule has 0 radical (unpaired) electrons. The number of halogens is 3. The highest BCUT2D eigenvalue weighted by molar-refractivity contribution is 6.32. The summed E-state index contributed by atoms with van der Waals surface area (Å²) < 4.78 is 46.6. The van der Waals surface area contributed by atoms with Gasteiger partial charge in [0.1, 0.15) is 48.1 Å². The molecule has 11 heteroatoms. The molecular formula is C42H47ClF2N2O6. The monoisotopic (exact) mass is 748 g/mol. The van der Waals surface area contributed by atoms with Gasteiger partial charge < -0.3 is 29.3 Å². The lowest BCUT2D eigenvalue weighted by atomic mass is 9.93. The number of β-amino-alcohol motifs (C(OH)–C–C–N with tert-alkyl or cyclic N) is 1. The molecule has 2 saturated heterocycles. The van der Waals surface area contributed by atoms with Gasteiger partial charge >= 0.3 is 5.97 Å². The van der Waals surface area contributed by atoms with Crippen molar-refractivity contribution in [2.24, 2.45) is 0 Å². The molecular weight excluding hydrogens is 702 g/mol. The molecule has 0 amide bonds. The number of aliphatic hydroxyl groups excluding tert-OH is 1. The SMILES string of the molecule is Cc1c(COc2cc(OCc3cc(F)cc(F)c3)c(CN3CCCCC3C(=O)O)cc2Cl)cccc1-c1cccc(OCCCN2CCC(O)C2)c1C. The van der Waals surface area contributed by atoms with Gasteiger partial charge in [-0.15, -0.1) is 0 Å². The van der Waals surface area contributed by atoms with Crippen LogP contribution in [0.2, 0.25) is 5.02 Å². The maximum Gasteiger partial charge on any atom is 0.320 e. The van der Waals surface area contributed by atoms with Crippen molar-refractivity contribution in [3.63, 3.8) is 0 Å². The molecule has 8 nitrogen and oxygen atoms in total. The van der Waals surface area contributed by atoms with E-state index in [-0.39, 0.29) is 25.9 Å². The van der Waals surface area contributed by atoms with Crippen LogP contribution in [0.5, 0.6) is 17.2 Å². The quantitative estimate of drug-likeness (QED) is 0.117. The lowest BCUT2D eigenvalue weighted by Gasteiger charge is -2.33. The largest absolute Gasteiger partial charge is 0.493 e. The molecule has 2 N–H and O–H groups in total. The number of carbonyl (C=O) groups is 1. The average Bonchev–Trinajstić information content (AvgIpc) is 3.55. The van der Waals surface area contributed by atoms with Crippen molar-refractivity contribution >= 4 is 17.6 Å². The number of carboxylic acids is 1. The second-order valence-electron chi connectivity index (χ2n) is 14.0. The van der Waals surface area contributed by atoms with E-state index in [1.165, 1.54) is 12.1 Å². The number of likely N-dealkylation sites (tertiary alicyclic amines) is 2. The van der Waals surface area contributed by atoms with Gasteiger partial charge in [-0.1, -0.05) is 48.4 Å². The fourth-order valence-corrected chi connectivity index (χ4v) is 7.55. The van der Waals surface area contributed by atoms with Gasteiger partial charge in [0, 0.05) is 43.9 Å². The maximum absolute atomic E-state index is 14.0. The summed E-state index contributed by atoms with van der Waals surface area (Å²) in [5.74, 6) is -0.698. The molecule has 2 aliphatic heterocycles. The summed E-state index contributed by atoms with van der Waals surface area (Å²) in [4.78, 5) is 16.2. The van der Waals surface area contributed by atoms with E-state index in [1.807, 2.05) is 29.2 Å². The van der Waals surface area contributed by atoms with Crippen LogP contribution in [0.3, 0.4) is 0 Å². The molecule has 0 saturated carbocycles. The first-order valence-electron chi connectivity index (χ1n) is 18.3. The zero-order valence-electron chi connectivity index (χ0n) is 30.3. The van der Waals surface area contributed by atoms with E-state index in [4.69, 9.17) is 25.8 Å². The van der Waals surface area contributed by atoms with Crippen molar-refractivity contribution in [3.8, 4) is 28.4 Å². The number of rotatable bonds is 15. The second kappa shape index (κ2) is 17.7. The molecule has 2 unspecified atom stereocenters. The van der Waals surface area contributed by atoms with Gasteiger partial charge in [0.25, 0.3) is 0 Å². The molecule has 53 heavy (non-hydrogen) atoms.